The first kappa shape index (κ1) is 16.7. The van der Waals surface area contributed by atoms with Crippen LogP contribution in [0.4, 0.5) is 0 Å². The number of nitrogens with one attached hydrogen (secondary N) is 1. The molecule has 2 aromatic carbocycles. The summed E-state index contributed by atoms with van der Waals surface area (Å²) in [6.45, 7) is 3.16. The van der Waals surface area contributed by atoms with E-state index in [1.54, 1.807) is 36.2 Å². The zero-order valence-corrected chi connectivity index (χ0v) is 13.6. The summed E-state index contributed by atoms with van der Waals surface area (Å²) in [7, 11) is 1.76. The van der Waals surface area contributed by atoms with Gasteiger partial charge in [-0.15, -0.1) is 0 Å². The molecule has 0 aliphatic rings. The molecule has 0 saturated heterocycles. The van der Waals surface area contributed by atoms with Gasteiger partial charge in [-0.3, -0.25) is 9.59 Å². The highest BCUT2D eigenvalue weighted by atomic mass is 16.2. The van der Waals surface area contributed by atoms with Crippen LogP contribution in [-0.4, -0.2) is 30.3 Å². The predicted molar refractivity (Wildman–Crippen MR) is 91.3 cm³/mol. The zero-order chi connectivity index (χ0) is 16.7. The maximum absolute atomic E-state index is 12.5. The Morgan fingerprint density at radius 2 is 1.70 bits per heavy atom. The fourth-order valence-electron chi connectivity index (χ4n) is 2.28. The molecule has 0 spiro atoms. The van der Waals surface area contributed by atoms with Crippen LogP contribution in [0.5, 0.6) is 0 Å². The number of nitrogens with zero attached hydrogens (tertiary/aromatic N) is 1. The number of hydrogen-bond donors (Lipinski definition) is 1. The third-order valence-corrected chi connectivity index (χ3v) is 3.52. The molecule has 120 valence electrons. The van der Waals surface area contributed by atoms with Crippen LogP contribution in [0.1, 0.15) is 39.6 Å². The minimum atomic E-state index is -0.146. The molecule has 2 rings (SSSR count). The summed E-state index contributed by atoms with van der Waals surface area (Å²) in [5.41, 5.74) is 2.10. The molecule has 4 nitrogen and oxygen atoms in total. The molecule has 0 fully saturated rings. The van der Waals surface area contributed by atoms with E-state index in [0.29, 0.717) is 24.2 Å². The van der Waals surface area contributed by atoms with Gasteiger partial charge in [-0.25, -0.2) is 0 Å². The van der Waals surface area contributed by atoms with Crippen molar-refractivity contribution in [1.82, 2.24) is 10.2 Å². The van der Waals surface area contributed by atoms with E-state index in [9.17, 15) is 9.59 Å². The minimum Gasteiger partial charge on any atom is -0.352 e. The molecule has 0 bridgehead atoms. The van der Waals surface area contributed by atoms with Gasteiger partial charge in [-0.2, -0.15) is 0 Å². The van der Waals surface area contributed by atoms with Crippen molar-refractivity contribution < 1.29 is 9.59 Å². The summed E-state index contributed by atoms with van der Waals surface area (Å²) in [4.78, 5) is 26.2. The van der Waals surface area contributed by atoms with Gasteiger partial charge < -0.3 is 10.2 Å². The number of rotatable bonds is 6. The van der Waals surface area contributed by atoms with Crippen LogP contribution >= 0.6 is 0 Å². The number of carbonyl (C=O) groups is 2. The second-order valence-electron chi connectivity index (χ2n) is 5.48. The summed E-state index contributed by atoms with van der Waals surface area (Å²) >= 11 is 0. The molecular weight excluding hydrogens is 288 g/mol. The molecule has 0 aliphatic heterocycles. The third kappa shape index (κ3) is 4.68. The lowest BCUT2D eigenvalue weighted by Gasteiger charge is -2.17. The minimum absolute atomic E-state index is 0.0982. The third-order valence-electron chi connectivity index (χ3n) is 3.52. The van der Waals surface area contributed by atoms with Crippen LogP contribution in [0, 0.1) is 0 Å². The molecule has 0 heterocycles. The second kappa shape index (κ2) is 8.13. The Labute approximate surface area is 137 Å². The lowest BCUT2D eigenvalue weighted by molar-refractivity contribution is 0.0785. The van der Waals surface area contributed by atoms with Gasteiger partial charge in [0.05, 0.1) is 0 Å². The molecule has 1 N–H and O–H groups in total. The normalized spacial score (nSPS) is 10.2. The van der Waals surface area contributed by atoms with Crippen LogP contribution in [0.25, 0.3) is 0 Å². The molecule has 0 aliphatic carbocycles. The van der Waals surface area contributed by atoms with Gasteiger partial charge in [0.25, 0.3) is 11.8 Å². The van der Waals surface area contributed by atoms with E-state index < -0.39 is 0 Å². The summed E-state index contributed by atoms with van der Waals surface area (Å²) in [6, 6.07) is 16.7. The van der Waals surface area contributed by atoms with Crippen molar-refractivity contribution in [3.8, 4) is 0 Å². The maximum atomic E-state index is 12.5. The molecule has 4 heteroatoms. The van der Waals surface area contributed by atoms with Crippen molar-refractivity contribution in [3.63, 3.8) is 0 Å². The van der Waals surface area contributed by atoms with E-state index in [1.165, 1.54) is 0 Å². The van der Waals surface area contributed by atoms with Crippen LogP contribution < -0.4 is 5.32 Å². The van der Waals surface area contributed by atoms with Crippen molar-refractivity contribution in [2.24, 2.45) is 0 Å². The van der Waals surface area contributed by atoms with Crippen molar-refractivity contribution in [1.29, 1.82) is 0 Å². The van der Waals surface area contributed by atoms with Crippen LogP contribution in [0.15, 0.2) is 54.6 Å². The summed E-state index contributed by atoms with van der Waals surface area (Å²) in [6.07, 6.45) is 0.879. The molecule has 0 unspecified atom stereocenters. The molecule has 0 atom stereocenters. The summed E-state index contributed by atoms with van der Waals surface area (Å²) in [5.74, 6) is -0.244. The highest BCUT2D eigenvalue weighted by Crippen LogP contribution is 2.11. The fraction of sp³-hybridized carbons (Fsp3) is 0.263. The topological polar surface area (TPSA) is 49.4 Å². The van der Waals surface area contributed by atoms with E-state index in [0.717, 1.165) is 12.0 Å². The van der Waals surface area contributed by atoms with E-state index in [4.69, 9.17) is 0 Å². The van der Waals surface area contributed by atoms with Crippen molar-refractivity contribution in [2.45, 2.75) is 19.9 Å². The molecule has 0 radical (unpaired) electrons. The molecule has 2 aromatic rings. The Bertz CT molecular complexity index is 668. The van der Waals surface area contributed by atoms with Gasteiger partial charge in [-0.05, 0) is 30.2 Å². The van der Waals surface area contributed by atoms with Gasteiger partial charge in [0.1, 0.15) is 0 Å². The van der Waals surface area contributed by atoms with Gasteiger partial charge >= 0.3 is 0 Å². The standard InChI is InChI=1S/C19H22N2O2/c1-3-12-20-18(22)16-10-7-11-17(13-16)19(23)21(2)14-15-8-5-4-6-9-15/h4-11,13H,3,12,14H2,1-2H3,(H,20,22). The van der Waals surface area contributed by atoms with Crippen LogP contribution in [0.3, 0.4) is 0 Å². The van der Waals surface area contributed by atoms with Crippen molar-refractivity contribution in [2.75, 3.05) is 13.6 Å². The van der Waals surface area contributed by atoms with E-state index in [2.05, 4.69) is 5.32 Å². The Hall–Kier alpha value is -2.62. The van der Waals surface area contributed by atoms with E-state index in [1.807, 2.05) is 37.3 Å². The lowest BCUT2D eigenvalue weighted by atomic mass is 10.1. The quantitative estimate of drug-likeness (QED) is 0.891. The number of hydrogen-bond acceptors (Lipinski definition) is 2. The number of amides is 2. The second-order valence-corrected chi connectivity index (χ2v) is 5.48. The zero-order valence-electron chi connectivity index (χ0n) is 13.6. The highest BCUT2D eigenvalue weighted by Gasteiger charge is 2.14. The molecular formula is C19H22N2O2. The molecule has 0 saturated carbocycles. The average molecular weight is 310 g/mol. The lowest BCUT2D eigenvalue weighted by Crippen LogP contribution is -2.27. The smallest absolute Gasteiger partial charge is 0.253 e. The summed E-state index contributed by atoms with van der Waals surface area (Å²) < 4.78 is 0. The number of benzene rings is 2. The Balaban J connectivity index is 2.08. The van der Waals surface area contributed by atoms with E-state index in [-0.39, 0.29) is 11.8 Å². The van der Waals surface area contributed by atoms with Gasteiger partial charge in [-0.1, -0.05) is 43.3 Å². The van der Waals surface area contributed by atoms with Crippen molar-refractivity contribution in [3.05, 3.63) is 71.3 Å². The Morgan fingerprint density at radius 3 is 2.39 bits per heavy atom. The van der Waals surface area contributed by atoms with Gasteiger partial charge in [0.15, 0.2) is 0 Å². The fourth-order valence-corrected chi connectivity index (χ4v) is 2.28. The predicted octanol–water partition coefficient (Wildman–Crippen LogP) is 3.10. The maximum Gasteiger partial charge on any atom is 0.253 e. The average Bonchev–Trinajstić information content (AvgIpc) is 2.60. The van der Waals surface area contributed by atoms with Crippen molar-refractivity contribution >= 4 is 11.8 Å². The Morgan fingerprint density at radius 1 is 1.00 bits per heavy atom. The Kier molecular flexibility index (Phi) is 5.92. The molecule has 0 aromatic heterocycles. The SMILES string of the molecule is CCCNC(=O)c1cccc(C(=O)N(C)Cc2ccccc2)c1. The van der Waals surface area contributed by atoms with Crippen LogP contribution in [-0.2, 0) is 6.54 Å². The van der Waals surface area contributed by atoms with Gasteiger partial charge in [0, 0.05) is 31.3 Å². The largest absolute Gasteiger partial charge is 0.352 e. The molecule has 2 amide bonds. The van der Waals surface area contributed by atoms with Crippen LogP contribution in [0.2, 0.25) is 0 Å². The first-order valence-electron chi connectivity index (χ1n) is 7.79. The number of carbonyl (C=O) groups excluding carboxylic acids is 2. The summed E-state index contributed by atoms with van der Waals surface area (Å²) in [5, 5.41) is 2.82. The monoisotopic (exact) mass is 310 g/mol. The van der Waals surface area contributed by atoms with E-state index >= 15 is 0 Å². The molecule has 23 heavy (non-hydrogen) atoms. The first-order chi connectivity index (χ1) is 11.1. The highest BCUT2D eigenvalue weighted by molar-refractivity contribution is 5.99. The first-order valence-corrected chi connectivity index (χ1v) is 7.79. The van der Waals surface area contributed by atoms with Gasteiger partial charge in [0.2, 0.25) is 0 Å².